The van der Waals surface area contributed by atoms with Gasteiger partial charge in [0.15, 0.2) is 5.78 Å². The van der Waals surface area contributed by atoms with E-state index in [1.54, 1.807) is 24.0 Å². The summed E-state index contributed by atoms with van der Waals surface area (Å²) in [6, 6.07) is 5.47. The van der Waals surface area contributed by atoms with Gasteiger partial charge in [-0.1, -0.05) is 17.7 Å². The van der Waals surface area contributed by atoms with Gasteiger partial charge < -0.3 is 24.8 Å². The van der Waals surface area contributed by atoms with Crippen LogP contribution in [0.3, 0.4) is 0 Å². The number of fused-ring (bicyclic) bond motifs is 3. The first kappa shape index (κ1) is 26.1. The lowest BCUT2D eigenvalue weighted by atomic mass is 9.78. The zero-order valence-corrected chi connectivity index (χ0v) is 21.0. The summed E-state index contributed by atoms with van der Waals surface area (Å²) >= 11 is 0. The third kappa shape index (κ3) is 4.74. The lowest BCUT2D eigenvalue weighted by Crippen LogP contribution is -2.45. The number of carboxylic acid groups (broad SMARTS) is 1. The Balaban J connectivity index is 1.47. The van der Waals surface area contributed by atoms with Crippen LogP contribution in [0.1, 0.15) is 31.7 Å². The van der Waals surface area contributed by atoms with Gasteiger partial charge in [0.2, 0.25) is 0 Å². The highest BCUT2D eigenvalue weighted by atomic mass is 16.6. The fourth-order valence-electron chi connectivity index (χ4n) is 6.55. The predicted octanol–water partition coefficient (Wildman–Crippen LogP) is 1.39. The number of ether oxygens (including phenoxy) is 2. The number of hydrogen-bond acceptors (Lipinski definition) is 9. The van der Waals surface area contributed by atoms with E-state index in [0.717, 1.165) is 0 Å². The number of aliphatic carboxylic acids is 1. The Morgan fingerprint density at radius 1 is 1.18 bits per heavy atom. The van der Waals surface area contributed by atoms with Gasteiger partial charge in [0.1, 0.15) is 24.0 Å². The smallest absolute Gasteiger partial charge is 0.320 e. The number of aliphatic hydroxyl groups is 1. The lowest BCUT2D eigenvalue weighted by Gasteiger charge is -2.32. The maximum absolute atomic E-state index is 13.3. The van der Waals surface area contributed by atoms with Gasteiger partial charge in [0.05, 0.1) is 18.9 Å². The molecule has 4 aliphatic rings. The average Bonchev–Trinajstić information content (AvgIpc) is 3.53. The van der Waals surface area contributed by atoms with Crippen molar-refractivity contribution in [2.45, 2.75) is 50.9 Å². The van der Waals surface area contributed by atoms with E-state index >= 15 is 0 Å². The number of carbonyl (C=O) groups excluding carboxylic acids is 3. The zero-order valence-electron chi connectivity index (χ0n) is 21.0. The van der Waals surface area contributed by atoms with E-state index in [9.17, 15) is 34.5 Å². The minimum atomic E-state index is -0.949. The molecule has 0 bridgehead atoms. The molecule has 2 fully saturated rings. The summed E-state index contributed by atoms with van der Waals surface area (Å²) in [6.07, 6.45) is 1.09. The van der Waals surface area contributed by atoms with E-state index < -0.39 is 53.9 Å². The van der Waals surface area contributed by atoms with Crippen molar-refractivity contribution in [2.24, 2.45) is 17.8 Å². The van der Waals surface area contributed by atoms with E-state index in [0.29, 0.717) is 41.7 Å². The summed E-state index contributed by atoms with van der Waals surface area (Å²) in [4.78, 5) is 52.8. The molecule has 0 spiro atoms. The molecule has 0 aromatic heterocycles. The minimum Gasteiger partial charge on any atom is -0.508 e. The van der Waals surface area contributed by atoms with Crippen molar-refractivity contribution in [3.05, 3.63) is 52.6 Å². The predicted molar refractivity (Wildman–Crippen MR) is 132 cm³/mol. The number of allylic oxidation sites excluding steroid dienone is 1. The van der Waals surface area contributed by atoms with Gasteiger partial charge in [-0.05, 0) is 55.7 Å². The molecule has 10 nitrogen and oxygen atoms in total. The number of aromatic hydroxyl groups is 1. The van der Waals surface area contributed by atoms with E-state index in [1.165, 1.54) is 18.2 Å². The molecule has 0 radical (unpaired) electrons. The SMILES string of the molecule is CC1=C2C(=O)C=C(CO)[C@@H]2[C@@H]2OC(=O)[C@@H](CN3CCC[C@H]3C(=O)O)[C@H]2[C@@H](OC(=O)Cc2ccc(O)cc2)C1. The van der Waals surface area contributed by atoms with Gasteiger partial charge in [-0.3, -0.25) is 24.1 Å². The second-order valence-corrected chi connectivity index (χ2v) is 10.6. The van der Waals surface area contributed by atoms with Crippen LogP contribution in [0, 0.1) is 17.8 Å². The van der Waals surface area contributed by atoms with Crippen LogP contribution in [-0.2, 0) is 35.1 Å². The molecule has 38 heavy (non-hydrogen) atoms. The highest BCUT2D eigenvalue weighted by molar-refractivity contribution is 6.09. The van der Waals surface area contributed by atoms with Gasteiger partial charge in [0, 0.05) is 30.4 Å². The van der Waals surface area contributed by atoms with Crippen LogP contribution in [0.15, 0.2) is 47.1 Å². The molecule has 2 saturated heterocycles. The van der Waals surface area contributed by atoms with E-state index in [-0.39, 0.29) is 37.5 Å². The second-order valence-electron chi connectivity index (χ2n) is 10.6. The number of esters is 2. The summed E-state index contributed by atoms with van der Waals surface area (Å²) in [6.45, 7) is 2.07. The number of likely N-dealkylation sites (tertiary alicyclic amines) is 1. The molecule has 2 aliphatic carbocycles. The average molecular weight is 526 g/mol. The first-order valence-electron chi connectivity index (χ1n) is 12.9. The molecular weight excluding hydrogens is 494 g/mol. The molecule has 6 atom stereocenters. The number of carbonyl (C=O) groups is 4. The summed E-state index contributed by atoms with van der Waals surface area (Å²) in [7, 11) is 0. The van der Waals surface area contributed by atoms with Crippen molar-refractivity contribution >= 4 is 23.7 Å². The van der Waals surface area contributed by atoms with Gasteiger partial charge in [-0.25, -0.2) is 0 Å². The maximum Gasteiger partial charge on any atom is 0.320 e. The third-order valence-electron chi connectivity index (χ3n) is 8.25. The summed E-state index contributed by atoms with van der Waals surface area (Å²) in [5, 5.41) is 29.2. The monoisotopic (exact) mass is 525 g/mol. The third-order valence-corrected chi connectivity index (χ3v) is 8.25. The molecule has 5 rings (SSSR count). The normalized spacial score (nSPS) is 30.9. The summed E-state index contributed by atoms with van der Waals surface area (Å²) < 4.78 is 11.9. The largest absolute Gasteiger partial charge is 0.508 e. The number of carboxylic acids is 1. The van der Waals surface area contributed by atoms with Gasteiger partial charge >= 0.3 is 17.9 Å². The molecule has 0 amide bonds. The fourth-order valence-corrected chi connectivity index (χ4v) is 6.55. The van der Waals surface area contributed by atoms with Crippen LogP contribution in [0.4, 0.5) is 0 Å². The Labute approximate surface area is 219 Å². The van der Waals surface area contributed by atoms with Crippen LogP contribution in [-0.4, -0.2) is 81.9 Å². The van der Waals surface area contributed by atoms with Crippen molar-refractivity contribution < 1.29 is 44.0 Å². The lowest BCUT2D eigenvalue weighted by molar-refractivity contribution is -0.153. The van der Waals surface area contributed by atoms with Crippen molar-refractivity contribution in [3.63, 3.8) is 0 Å². The Morgan fingerprint density at radius 2 is 1.92 bits per heavy atom. The van der Waals surface area contributed by atoms with Gasteiger partial charge in [0.25, 0.3) is 0 Å². The minimum absolute atomic E-state index is 0.0549. The Morgan fingerprint density at radius 3 is 2.61 bits per heavy atom. The van der Waals surface area contributed by atoms with Gasteiger partial charge in [-0.15, -0.1) is 0 Å². The molecular formula is C28H31NO9. The highest BCUT2D eigenvalue weighted by Crippen LogP contribution is 2.49. The van der Waals surface area contributed by atoms with E-state index in [1.807, 2.05) is 0 Å². The van der Waals surface area contributed by atoms with Crippen LogP contribution in [0.5, 0.6) is 5.75 Å². The Hall–Kier alpha value is -3.50. The fraction of sp³-hybridized carbons (Fsp3) is 0.500. The molecule has 1 aromatic rings. The van der Waals surface area contributed by atoms with Gasteiger partial charge in [-0.2, -0.15) is 0 Å². The van der Waals surface area contributed by atoms with Crippen LogP contribution >= 0.6 is 0 Å². The van der Waals surface area contributed by atoms with E-state index in [4.69, 9.17) is 9.47 Å². The quantitative estimate of drug-likeness (QED) is 0.446. The molecule has 1 aromatic carbocycles. The number of hydrogen-bond donors (Lipinski definition) is 3. The maximum atomic E-state index is 13.3. The van der Waals surface area contributed by atoms with Crippen LogP contribution in [0.25, 0.3) is 0 Å². The molecule has 2 aliphatic heterocycles. The second kappa shape index (κ2) is 10.3. The molecule has 202 valence electrons. The number of phenols is 1. The number of phenolic OH excluding ortho intramolecular Hbond substituents is 1. The number of nitrogens with zero attached hydrogens (tertiary/aromatic N) is 1. The summed E-state index contributed by atoms with van der Waals surface area (Å²) in [5.74, 6) is -4.23. The van der Waals surface area contributed by atoms with Crippen molar-refractivity contribution in [1.29, 1.82) is 0 Å². The molecule has 0 saturated carbocycles. The van der Waals surface area contributed by atoms with Crippen LogP contribution in [0.2, 0.25) is 0 Å². The van der Waals surface area contributed by atoms with Crippen molar-refractivity contribution in [3.8, 4) is 5.75 Å². The number of aliphatic hydroxyl groups excluding tert-OH is 1. The summed E-state index contributed by atoms with van der Waals surface area (Å²) in [5.41, 5.74) is 2.26. The standard InChI is InChI=1S/C28H31NO9/c1-14-9-21(37-22(33)10-15-4-6-17(31)7-5-15)25-18(12-29-8-2-3-19(29)27(34)35)28(36)38-26(25)24-16(13-30)11-20(32)23(14)24/h4-7,11,18-19,21,24-26,30-31H,2-3,8-10,12-13H2,1H3,(H,34,35)/t18-,19-,21-,24-,25-,26-/m0/s1. The van der Waals surface area contributed by atoms with Crippen LogP contribution < -0.4 is 0 Å². The first-order chi connectivity index (χ1) is 18.2. The molecule has 10 heteroatoms. The molecule has 2 heterocycles. The van der Waals surface area contributed by atoms with Crippen molar-refractivity contribution in [1.82, 2.24) is 4.90 Å². The zero-order chi connectivity index (χ0) is 27.1. The molecule has 3 N–H and O–H groups in total. The number of rotatable bonds is 7. The first-order valence-corrected chi connectivity index (χ1v) is 12.9. The Bertz CT molecular complexity index is 1220. The topological polar surface area (TPSA) is 151 Å². The molecule has 0 unspecified atom stereocenters. The highest BCUT2D eigenvalue weighted by Gasteiger charge is 2.57. The Kier molecular flexibility index (Phi) is 7.11. The van der Waals surface area contributed by atoms with E-state index in [2.05, 4.69) is 0 Å². The van der Waals surface area contributed by atoms with Crippen molar-refractivity contribution in [2.75, 3.05) is 19.7 Å². The number of benzene rings is 1. The number of ketones is 1.